The van der Waals surface area contributed by atoms with Crippen LogP contribution in [0, 0.1) is 0 Å². The van der Waals surface area contributed by atoms with E-state index in [2.05, 4.69) is 0 Å². The Bertz CT molecular complexity index is 854. The van der Waals surface area contributed by atoms with Gasteiger partial charge in [0.25, 0.3) is 0 Å². The molecule has 5 heteroatoms. The highest BCUT2D eigenvalue weighted by Crippen LogP contribution is 2.38. The zero-order chi connectivity index (χ0) is 17.2. The Morgan fingerprint density at radius 1 is 0.800 bits per heavy atom. The van der Waals surface area contributed by atoms with Gasteiger partial charge in [-0.05, 0) is 12.1 Å². The van der Waals surface area contributed by atoms with Crippen LogP contribution in [0.25, 0.3) is 0 Å². The van der Waals surface area contributed by atoms with Crippen molar-refractivity contribution in [3.05, 3.63) is 76.3 Å². The van der Waals surface area contributed by atoms with Crippen LogP contribution in [0.15, 0.2) is 70.1 Å². The summed E-state index contributed by atoms with van der Waals surface area (Å²) in [6.07, 6.45) is 0. The van der Waals surface area contributed by atoms with Crippen molar-refractivity contribution >= 4 is 23.3 Å². The van der Waals surface area contributed by atoms with Gasteiger partial charge in [-0.3, -0.25) is 9.59 Å². The SMILES string of the molecule is O=C1C(Sc2ccccc2)=C(N2CCOCC2)C(=O)c2ccccc21. The van der Waals surface area contributed by atoms with Gasteiger partial charge in [0, 0.05) is 29.1 Å². The van der Waals surface area contributed by atoms with E-state index in [0.29, 0.717) is 48.0 Å². The number of hydrogen-bond acceptors (Lipinski definition) is 5. The van der Waals surface area contributed by atoms with E-state index in [0.717, 1.165) is 4.90 Å². The van der Waals surface area contributed by atoms with Crippen molar-refractivity contribution in [3.8, 4) is 0 Å². The van der Waals surface area contributed by atoms with Gasteiger partial charge in [0.15, 0.2) is 0 Å². The summed E-state index contributed by atoms with van der Waals surface area (Å²) in [5, 5.41) is 0. The van der Waals surface area contributed by atoms with E-state index < -0.39 is 0 Å². The molecule has 1 heterocycles. The zero-order valence-corrected chi connectivity index (χ0v) is 14.4. The van der Waals surface area contributed by atoms with Crippen molar-refractivity contribution in [2.45, 2.75) is 4.90 Å². The maximum absolute atomic E-state index is 13.2. The summed E-state index contributed by atoms with van der Waals surface area (Å²) in [7, 11) is 0. The van der Waals surface area contributed by atoms with Crippen LogP contribution in [-0.4, -0.2) is 42.8 Å². The average molecular weight is 351 g/mol. The Kier molecular flexibility index (Phi) is 4.42. The second-order valence-electron chi connectivity index (χ2n) is 5.90. The minimum atomic E-state index is -0.0782. The van der Waals surface area contributed by atoms with Crippen molar-refractivity contribution < 1.29 is 14.3 Å². The molecule has 0 N–H and O–H groups in total. The molecule has 1 saturated heterocycles. The molecule has 4 nitrogen and oxygen atoms in total. The Morgan fingerprint density at radius 3 is 2.08 bits per heavy atom. The number of fused-ring (bicyclic) bond motifs is 1. The molecule has 0 amide bonds. The number of allylic oxidation sites excluding steroid dienone is 2. The third-order valence-electron chi connectivity index (χ3n) is 4.34. The summed E-state index contributed by atoms with van der Waals surface area (Å²) < 4.78 is 5.41. The van der Waals surface area contributed by atoms with Crippen molar-refractivity contribution in [3.63, 3.8) is 0 Å². The Labute approximate surface area is 150 Å². The summed E-state index contributed by atoms with van der Waals surface area (Å²) in [5.74, 6) is -0.152. The summed E-state index contributed by atoms with van der Waals surface area (Å²) in [4.78, 5) is 29.7. The van der Waals surface area contributed by atoms with Crippen LogP contribution in [0.2, 0.25) is 0 Å². The van der Waals surface area contributed by atoms with Crippen LogP contribution in [0.3, 0.4) is 0 Å². The maximum atomic E-state index is 13.2. The van der Waals surface area contributed by atoms with Gasteiger partial charge >= 0.3 is 0 Å². The molecule has 0 atom stereocenters. The van der Waals surface area contributed by atoms with E-state index in [-0.39, 0.29) is 11.6 Å². The molecule has 0 spiro atoms. The first-order chi connectivity index (χ1) is 12.3. The van der Waals surface area contributed by atoms with Gasteiger partial charge in [-0.2, -0.15) is 0 Å². The van der Waals surface area contributed by atoms with Crippen molar-refractivity contribution in [2.24, 2.45) is 0 Å². The molecule has 0 unspecified atom stereocenters. The lowest BCUT2D eigenvalue weighted by Gasteiger charge is -2.33. The van der Waals surface area contributed by atoms with E-state index in [9.17, 15) is 9.59 Å². The minimum Gasteiger partial charge on any atom is -0.378 e. The average Bonchev–Trinajstić information content (AvgIpc) is 2.68. The third kappa shape index (κ3) is 3.01. The fourth-order valence-corrected chi connectivity index (χ4v) is 4.16. The molecule has 0 saturated carbocycles. The van der Waals surface area contributed by atoms with E-state index >= 15 is 0 Å². The van der Waals surface area contributed by atoms with Crippen LogP contribution in [0.1, 0.15) is 20.7 Å². The molecule has 1 aliphatic carbocycles. The summed E-state index contributed by atoms with van der Waals surface area (Å²) in [6.45, 7) is 2.37. The normalized spacial score (nSPS) is 17.7. The van der Waals surface area contributed by atoms with E-state index in [1.807, 2.05) is 35.2 Å². The predicted octanol–water partition coefficient (Wildman–Crippen LogP) is 3.40. The van der Waals surface area contributed by atoms with Gasteiger partial charge in [-0.25, -0.2) is 0 Å². The van der Waals surface area contributed by atoms with Crippen molar-refractivity contribution in [1.29, 1.82) is 0 Å². The molecule has 1 aliphatic heterocycles. The fraction of sp³-hybridized carbons (Fsp3) is 0.200. The van der Waals surface area contributed by atoms with Crippen molar-refractivity contribution in [2.75, 3.05) is 26.3 Å². The summed E-state index contributed by atoms with van der Waals surface area (Å²) >= 11 is 1.37. The monoisotopic (exact) mass is 351 g/mol. The maximum Gasteiger partial charge on any atom is 0.211 e. The molecular formula is C20H17NO3S. The number of carbonyl (C=O) groups excluding carboxylic acids is 2. The molecule has 2 aliphatic rings. The highest BCUT2D eigenvalue weighted by molar-refractivity contribution is 8.04. The Morgan fingerprint density at radius 2 is 1.40 bits per heavy atom. The second kappa shape index (κ2) is 6.86. The summed E-state index contributed by atoms with van der Waals surface area (Å²) in [5.41, 5.74) is 1.50. The third-order valence-corrected chi connectivity index (χ3v) is 5.43. The second-order valence-corrected chi connectivity index (χ2v) is 6.98. The highest BCUT2D eigenvalue weighted by Gasteiger charge is 2.35. The molecular weight excluding hydrogens is 334 g/mol. The van der Waals surface area contributed by atoms with Gasteiger partial charge in [0.2, 0.25) is 11.6 Å². The van der Waals surface area contributed by atoms with Crippen LogP contribution < -0.4 is 0 Å². The van der Waals surface area contributed by atoms with Gasteiger partial charge in [0.05, 0.1) is 18.1 Å². The number of benzene rings is 2. The lowest BCUT2D eigenvalue weighted by Crippen LogP contribution is -2.40. The molecule has 2 aromatic rings. The van der Waals surface area contributed by atoms with Gasteiger partial charge in [0.1, 0.15) is 5.70 Å². The summed E-state index contributed by atoms with van der Waals surface area (Å²) in [6, 6.07) is 16.8. The lowest BCUT2D eigenvalue weighted by atomic mass is 9.91. The largest absolute Gasteiger partial charge is 0.378 e. The minimum absolute atomic E-state index is 0.0736. The smallest absolute Gasteiger partial charge is 0.211 e. The van der Waals surface area contributed by atoms with Gasteiger partial charge < -0.3 is 9.64 Å². The lowest BCUT2D eigenvalue weighted by molar-refractivity contribution is 0.0499. The topological polar surface area (TPSA) is 46.6 Å². The van der Waals surface area contributed by atoms with Crippen LogP contribution in [0.4, 0.5) is 0 Å². The van der Waals surface area contributed by atoms with E-state index in [4.69, 9.17) is 4.74 Å². The molecule has 2 aromatic carbocycles. The number of ether oxygens (including phenoxy) is 1. The molecule has 126 valence electrons. The molecule has 0 radical (unpaired) electrons. The number of hydrogen-bond donors (Lipinski definition) is 0. The number of Topliss-reactive ketones (excluding diaryl/α,β-unsaturated/α-hetero) is 2. The molecule has 0 aromatic heterocycles. The van der Waals surface area contributed by atoms with Crippen molar-refractivity contribution in [1.82, 2.24) is 4.90 Å². The number of nitrogens with zero attached hydrogens (tertiary/aromatic N) is 1. The number of carbonyl (C=O) groups is 2. The molecule has 1 fully saturated rings. The number of thioether (sulfide) groups is 1. The fourth-order valence-electron chi connectivity index (χ4n) is 3.11. The van der Waals surface area contributed by atoms with Crippen LogP contribution >= 0.6 is 11.8 Å². The quantitative estimate of drug-likeness (QED) is 0.848. The Balaban J connectivity index is 1.82. The first-order valence-corrected chi connectivity index (χ1v) is 9.05. The zero-order valence-electron chi connectivity index (χ0n) is 13.6. The number of rotatable bonds is 3. The van der Waals surface area contributed by atoms with E-state index in [1.54, 1.807) is 24.3 Å². The standard InChI is InChI=1S/C20H17NO3S/c22-18-15-8-4-5-9-16(15)19(23)20(25-14-6-2-1-3-7-14)17(18)21-10-12-24-13-11-21/h1-9H,10-13H2. The predicted molar refractivity (Wildman–Crippen MR) is 96.8 cm³/mol. The molecule has 25 heavy (non-hydrogen) atoms. The highest BCUT2D eigenvalue weighted by atomic mass is 32.2. The first-order valence-electron chi connectivity index (χ1n) is 8.24. The Hall–Kier alpha value is -2.37. The van der Waals surface area contributed by atoms with Gasteiger partial charge in [-0.1, -0.05) is 54.2 Å². The van der Waals surface area contributed by atoms with E-state index in [1.165, 1.54) is 11.8 Å². The van der Waals surface area contributed by atoms with Crippen LogP contribution in [0.5, 0.6) is 0 Å². The molecule has 4 rings (SSSR count). The van der Waals surface area contributed by atoms with Gasteiger partial charge in [-0.15, -0.1) is 0 Å². The molecule has 0 bridgehead atoms. The number of ketones is 2. The first kappa shape index (κ1) is 16.1. The van der Waals surface area contributed by atoms with Crippen LogP contribution in [-0.2, 0) is 4.74 Å². The number of morpholine rings is 1.